The van der Waals surface area contributed by atoms with Crippen LogP contribution in [0.5, 0.6) is 0 Å². The van der Waals surface area contributed by atoms with Crippen molar-refractivity contribution in [1.82, 2.24) is 4.98 Å². The fourth-order valence-electron chi connectivity index (χ4n) is 1.18. The highest BCUT2D eigenvalue weighted by atomic mass is 32.1. The molecular weight excluding hydrogens is 308 g/mol. The molecule has 0 radical (unpaired) electrons. The first kappa shape index (κ1) is 19.9. The van der Waals surface area contributed by atoms with Gasteiger partial charge in [-0.2, -0.15) is 0 Å². The molecule has 0 bridgehead atoms. The predicted molar refractivity (Wildman–Crippen MR) is 86.6 cm³/mol. The first-order valence-corrected chi connectivity index (χ1v) is 7.56. The Balaban J connectivity index is 0.000000980. The van der Waals surface area contributed by atoms with Gasteiger partial charge in [-0.3, -0.25) is 5.32 Å². The molecule has 0 aliphatic heterocycles. The maximum atomic E-state index is 11.5. The standard InChI is InChI=1S/C13H20N2O2S.CH2O3/c1-5-6-7-8-10-9-18-11(14-10)15-12(16)17-13(2,3)4;2-1(3)4/h7-9H,5-6H2,1-4H3,(H,14,15,16);(H2,2,3,4)/b8-7-;. The summed E-state index contributed by atoms with van der Waals surface area (Å²) >= 11 is 1.39. The highest BCUT2D eigenvalue weighted by Crippen LogP contribution is 2.18. The largest absolute Gasteiger partial charge is 0.503 e. The number of carbonyl (C=O) groups is 2. The van der Waals surface area contributed by atoms with E-state index in [0.29, 0.717) is 5.13 Å². The van der Waals surface area contributed by atoms with E-state index in [2.05, 4.69) is 23.3 Å². The van der Waals surface area contributed by atoms with Crippen molar-refractivity contribution in [3.8, 4) is 0 Å². The average Bonchev–Trinajstić information content (AvgIpc) is 2.73. The third kappa shape index (κ3) is 11.7. The third-order valence-electron chi connectivity index (χ3n) is 1.87. The van der Waals surface area contributed by atoms with Crippen LogP contribution in [0.15, 0.2) is 11.5 Å². The maximum absolute atomic E-state index is 11.5. The van der Waals surface area contributed by atoms with Crippen LogP contribution in [0.1, 0.15) is 46.2 Å². The Hall–Kier alpha value is -2.09. The van der Waals surface area contributed by atoms with Gasteiger partial charge >= 0.3 is 12.2 Å². The summed E-state index contributed by atoms with van der Waals surface area (Å²) < 4.78 is 5.15. The van der Waals surface area contributed by atoms with Crippen molar-refractivity contribution in [2.45, 2.75) is 46.1 Å². The van der Waals surface area contributed by atoms with Gasteiger partial charge in [-0.1, -0.05) is 19.4 Å². The second-order valence-corrected chi connectivity index (χ2v) is 6.04. The lowest BCUT2D eigenvalue weighted by Gasteiger charge is -2.18. The van der Waals surface area contributed by atoms with E-state index in [-0.39, 0.29) is 0 Å². The van der Waals surface area contributed by atoms with Gasteiger partial charge in [0.15, 0.2) is 5.13 Å². The van der Waals surface area contributed by atoms with Crippen LogP contribution in [-0.2, 0) is 4.74 Å². The van der Waals surface area contributed by atoms with Crippen molar-refractivity contribution < 1.29 is 24.5 Å². The van der Waals surface area contributed by atoms with Crippen LogP contribution >= 0.6 is 11.3 Å². The van der Waals surface area contributed by atoms with Crippen molar-refractivity contribution in [2.75, 3.05) is 5.32 Å². The molecule has 22 heavy (non-hydrogen) atoms. The molecule has 0 fully saturated rings. The molecule has 0 aromatic carbocycles. The minimum atomic E-state index is -1.83. The average molecular weight is 330 g/mol. The van der Waals surface area contributed by atoms with E-state index in [1.165, 1.54) is 11.3 Å². The normalized spacial score (nSPS) is 10.7. The van der Waals surface area contributed by atoms with Gasteiger partial charge in [0.25, 0.3) is 0 Å². The second kappa shape index (κ2) is 9.78. The number of carbonyl (C=O) groups excluding carboxylic acids is 1. The van der Waals surface area contributed by atoms with Crippen LogP contribution in [0.25, 0.3) is 6.08 Å². The van der Waals surface area contributed by atoms with Crippen molar-refractivity contribution in [1.29, 1.82) is 0 Å². The maximum Gasteiger partial charge on any atom is 0.503 e. The smallest absolute Gasteiger partial charge is 0.450 e. The van der Waals surface area contributed by atoms with Crippen LogP contribution in [0.2, 0.25) is 0 Å². The summed E-state index contributed by atoms with van der Waals surface area (Å²) in [7, 11) is 0. The van der Waals surface area contributed by atoms with Crippen molar-refractivity contribution >= 4 is 34.8 Å². The summed E-state index contributed by atoms with van der Waals surface area (Å²) in [6.45, 7) is 7.61. The summed E-state index contributed by atoms with van der Waals surface area (Å²) in [6.07, 6.45) is 3.88. The molecule has 0 saturated carbocycles. The van der Waals surface area contributed by atoms with Gasteiger partial charge in [-0.15, -0.1) is 11.3 Å². The number of unbranched alkanes of at least 4 members (excludes halogenated alkanes) is 1. The van der Waals surface area contributed by atoms with Crippen LogP contribution < -0.4 is 5.32 Å². The fraction of sp³-hybridized carbons (Fsp3) is 0.500. The molecule has 1 amide bonds. The first-order chi connectivity index (χ1) is 10.1. The zero-order valence-electron chi connectivity index (χ0n) is 13.1. The lowest BCUT2D eigenvalue weighted by atomic mass is 10.2. The number of hydrogen-bond donors (Lipinski definition) is 3. The number of thiazole rings is 1. The highest BCUT2D eigenvalue weighted by Gasteiger charge is 2.16. The van der Waals surface area contributed by atoms with Crippen LogP contribution in [0.4, 0.5) is 14.7 Å². The lowest BCUT2D eigenvalue weighted by molar-refractivity contribution is 0.0635. The summed E-state index contributed by atoms with van der Waals surface area (Å²) in [5.74, 6) is 0. The topological polar surface area (TPSA) is 109 Å². The minimum absolute atomic E-state index is 0.471. The molecule has 0 spiro atoms. The number of amides is 1. The van der Waals surface area contributed by atoms with Gasteiger partial charge in [-0.25, -0.2) is 14.6 Å². The molecular formula is C14H22N2O5S. The third-order valence-corrected chi connectivity index (χ3v) is 2.65. The number of ether oxygens (including phenoxy) is 1. The Bertz CT molecular complexity index is 502. The molecule has 0 unspecified atom stereocenters. The molecule has 3 N–H and O–H groups in total. The molecule has 0 aliphatic carbocycles. The van der Waals surface area contributed by atoms with Crippen LogP contribution in [0, 0.1) is 0 Å². The molecule has 0 aliphatic rings. The van der Waals surface area contributed by atoms with Crippen LogP contribution in [-0.4, -0.2) is 33.0 Å². The number of aromatic nitrogens is 1. The molecule has 0 atom stereocenters. The van der Waals surface area contributed by atoms with E-state index in [0.717, 1.165) is 18.5 Å². The van der Waals surface area contributed by atoms with Crippen molar-refractivity contribution in [3.63, 3.8) is 0 Å². The number of nitrogens with zero attached hydrogens (tertiary/aromatic N) is 1. The number of anilines is 1. The summed E-state index contributed by atoms with van der Waals surface area (Å²) in [5, 5.41) is 19.0. The van der Waals surface area contributed by atoms with Gasteiger partial charge < -0.3 is 14.9 Å². The van der Waals surface area contributed by atoms with Gasteiger partial charge in [0.2, 0.25) is 0 Å². The zero-order valence-corrected chi connectivity index (χ0v) is 13.9. The predicted octanol–water partition coefficient (Wildman–Crippen LogP) is 4.53. The second-order valence-electron chi connectivity index (χ2n) is 5.18. The molecule has 1 aromatic heterocycles. The van der Waals surface area contributed by atoms with Crippen molar-refractivity contribution in [2.24, 2.45) is 0 Å². The molecule has 124 valence electrons. The number of allylic oxidation sites excluding steroid dienone is 1. The Kier molecular flexibility index (Phi) is 8.85. The number of carboxylic acid groups (broad SMARTS) is 2. The minimum Gasteiger partial charge on any atom is -0.450 e. The monoisotopic (exact) mass is 330 g/mol. The first-order valence-electron chi connectivity index (χ1n) is 6.68. The molecule has 1 heterocycles. The number of rotatable bonds is 4. The molecule has 0 saturated heterocycles. The quantitative estimate of drug-likeness (QED) is 0.748. The SMILES string of the molecule is CCC/C=C\c1csc(NC(=O)OC(C)(C)C)n1.O=C(O)O. The van der Waals surface area contributed by atoms with E-state index < -0.39 is 17.8 Å². The Morgan fingerprint density at radius 2 is 2.00 bits per heavy atom. The molecule has 8 heteroatoms. The fourth-order valence-corrected chi connectivity index (χ4v) is 1.85. The Morgan fingerprint density at radius 1 is 1.41 bits per heavy atom. The van der Waals surface area contributed by atoms with E-state index in [1.807, 2.05) is 32.2 Å². The van der Waals surface area contributed by atoms with Gasteiger partial charge in [-0.05, 0) is 33.3 Å². The zero-order chi connectivity index (χ0) is 17.2. The van der Waals surface area contributed by atoms with Gasteiger partial charge in [0, 0.05) is 5.38 Å². The Morgan fingerprint density at radius 3 is 2.50 bits per heavy atom. The van der Waals surface area contributed by atoms with E-state index >= 15 is 0 Å². The van der Waals surface area contributed by atoms with Gasteiger partial charge in [0.1, 0.15) is 5.60 Å². The molecule has 1 aromatic rings. The van der Waals surface area contributed by atoms with E-state index in [4.69, 9.17) is 19.7 Å². The van der Waals surface area contributed by atoms with E-state index in [1.54, 1.807) is 0 Å². The van der Waals surface area contributed by atoms with Gasteiger partial charge in [0.05, 0.1) is 5.69 Å². The lowest BCUT2D eigenvalue weighted by Crippen LogP contribution is -2.27. The number of nitrogens with one attached hydrogen (secondary N) is 1. The summed E-state index contributed by atoms with van der Waals surface area (Å²) in [6, 6.07) is 0. The Labute approximate surface area is 133 Å². The summed E-state index contributed by atoms with van der Waals surface area (Å²) in [4.78, 5) is 24.3. The summed E-state index contributed by atoms with van der Waals surface area (Å²) in [5.41, 5.74) is 0.366. The van der Waals surface area contributed by atoms with Crippen LogP contribution in [0.3, 0.4) is 0 Å². The molecule has 1 rings (SSSR count). The highest BCUT2D eigenvalue weighted by molar-refractivity contribution is 7.14. The number of hydrogen-bond acceptors (Lipinski definition) is 5. The van der Waals surface area contributed by atoms with Crippen molar-refractivity contribution in [3.05, 3.63) is 17.2 Å². The molecule has 7 nitrogen and oxygen atoms in total. The van der Waals surface area contributed by atoms with E-state index in [9.17, 15) is 4.79 Å².